The van der Waals surface area contributed by atoms with Crippen molar-refractivity contribution in [3.63, 3.8) is 0 Å². The zero-order valence-corrected chi connectivity index (χ0v) is 16.0. The largest absolute Gasteiger partial charge is 0.388 e. The molecule has 1 saturated heterocycles. The monoisotopic (exact) mass is 359 g/mol. The molecule has 1 amide bonds. The molecule has 4 N–H and O–H groups in total. The van der Waals surface area contributed by atoms with E-state index in [4.69, 9.17) is 4.74 Å². The first-order valence-electron chi connectivity index (χ1n) is 9.84. The lowest BCUT2D eigenvalue weighted by molar-refractivity contribution is -0.230. The fraction of sp³-hybridized carbons (Fsp3) is 0.947. The van der Waals surface area contributed by atoms with Crippen molar-refractivity contribution >= 4 is 5.91 Å². The second kappa shape index (κ2) is 11.8. The van der Waals surface area contributed by atoms with Crippen LogP contribution in [0.1, 0.15) is 72.1 Å². The van der Waals surface area contributed by atoms with Crippen LogP contribution in [0.5, 0.6) is 0 Å². The van der Waals surface area contributed by atoms with Gasteiger partial charge < -0.3 is 25.4 Å². The van der Waals surface area contributed by atoms with Crippen molar-refractivity contribution in [1.82, 2.24) is 5.32 Å². The van der Waals surface area contributed by atoms with E-state index in [0.717, 1.165) is 19.3 Å². The molecule has 1 rings (SSSR count). The summed E-state index contributed by atoms with van der Waals surface area (Å²) in [6.07, 6.45) is 3.73. The molecule has 25 heavy (non-hydrogen) atoms. The number of aliphatic hydroxyl groups excluding tert-OH is 3. The van der Waals surface area contributed by atoms with Crippen LogP contribution in [-0.4, -0.2) is 58.3 Å². The van der Waals surface area contributed by atoms with Crippen LogP contribution in [0.2, 0.25) is 0 Å². The number of ether oxygens (including phenoxy) is 1. The van der Waals surface area contributed by atoms with E-state index in [1.165, 1.54) is 25.7 Å². The van der Waals surface area contributed by atoms with Crippen LogP contribution in [0.4, 0.5) is 0 Å². The van der Waals surface area contributed by atoms with Crippen LogP contribution in [0, 0.1) is 5.92 Å². The Morgan fingerprint density at radius 1 is 0.960 bits per heavy atom. The number of carbonyl (C=O) groups is 1. The molecule has 5 atom stereocenters. The third-order valence-electron chi connectivity index (χ3n) is 4.91. The molecule has 0 aromatic rings. The standard InChI is InChI=1S/C19H37NO5/c1-4-5-6-7-8-9-10-11-15(21)20-12-14-16(22)17(23)18(24)19(25-14)13(2)3/h13-14,16-19,22-24H,4-12H2,1-3H3,(H,20,21)/t14?,16-,17+,18?,19+/m1/s1. The topological polar surface area (TPSA) is 99.0 Å². The molecule has 6 heteroatoms. The molecular formula is C19H37NO5. The minimum absolute atomic E-state index is 0.00283. The molecule has 1 heterocycles. The van der Waals surface area contributed by atoms with Crippen LogP contribution in [0.15, 0.2) is 0 Å². The summed E-state index contributed by atoms with van der Waals surface area (Å²) in [5, 5.41) is 32.8. The Bertz CT molecular complexity index is 377. The van der Waals surface area contributed by atoms with E-state index >= 15 is 0 Å². The van der Waals surface area contributed by atoms with Gasteiger partial charge in [0, 0.05) is 13.0 Å². The van der Waals surface area contributed by atoms with E-state index in [2.05, 4.69) is 12.2 Å². The van der Waals surface area contributed by atoms with E-state index < -0.39 is 30.5 Å². The van der Waals surface area contributed by atoms with Gasteiger partial charge in [0.25, 0.3) is 0 Å². The first kappa shape index (κ1) is 22.4. The molecule has 6 nitrogen and oxygen atoms in total. The van der Waals surface area contributed by atoms with Crippen molar-refractivity contribution in [2.45, 2.75) is 103 Å². The van der Waals surface area contributed by atoms with Crippen LogP contribution >= 0.6 is 0 Å². The third kappa shape index (κ3) is 7.60. The molecule has 148 valence electrons. The van der Waals surface area contributed by atoms with Crippen molar-refractivity contribution in [3.8, 4) is 0 Å². The first-order chi connectivity index (χ1) is 11.9. The second-order valence-corrected chi connectivity index (χ2v) is 7.53. The number of hydrogen-bond acceptors (Lipinski definition) is 5. The van der Waals surface area contributed by atoms with E-state index in [9.17, 15) is 20.1 Å². The molecule has 0 aromatic carbocycles. The molecular weight excluding hydrogens is 322 g/mol. The number of hydrogen-bond donors (Lipinski definition) is 4. The molecule has 0 aliphatic carbocycles. The average molecular weight is 360 g/mol. The van der Waals surface area contributed by atoms with Gasteiger partial charge in [-0.1, -0.05) is 59.3 Å². The lowest BCUT2D eigenvalue weighted by Crippen LogP contribution is -2.61. The lowest BCUT2D eigenvalue weighted by Gasteiger charge is -2.42. The SMILES string of the molecule is CCCCCCCCCC(=O)NCC1O[C@@H](C(C)C)C(O)[C@@H](O)[C@@H]1O. The number of aliphatic hydroxyl groups is 3. The first-order valence-corrected chi connectivity index (χ1v) is 9.84. The summed E-state index contributed by atoms with van der Waals surface area (Å²) >= 11 is 0. The Kier molecular flexibility index (Phi) is 10.6. The number of unbranched alkanes of at least 4 members (excludes halogenated alkanes) is 6. The van der Waals surface area contributed by atoms with Crippen LogP contribution in [-0.2, 0) is 9.53 Å². The van der Waals surface area contributed by atoms with E-state index in [-0.39, 0.29) is 18.4 Å². The van der Waals surface area contributed by atoms with Gasteiger partial charge in [0.1, 0.15) is 24.4 Å². The molecule has 0 radical (unpaired) electrons. The highest BCUT2D eigenvalue weighted by molar-refractivity contribution is 5.75. The molecule has 0 saturated carbocycles. The molecule has 0 aromatic heterocycles. The van der Waals surface area contributed by atoms with Gasteiger partial charge in [0.2, 0.25) is 5.91 Å². The maximum atomic E-state index is 11.9. The Hall–Kier alpha value is -0.690. The minimum atomic E-state index is -1.26. The van der Waals surface area contributed by atoms with Crippen molar-refractivity contribution in [2.24, 2.45) is 5.92 Å². The predicted octanol–water partition coefficient (Wildman–Crippen LogP) is 1.75. The van der Waals surface area contributed by atoms with E-state index in [0.29, 0.717) is 6.42 Å². The van der Waals surface area contributed by atoms with Crippen LogP contribution in [0.3, 0.4) is 0 Å². The Morgan fingerprint density at radius 3 is 2.16 bits per heavy atom. The fourth-order valence-corrected chi connectivity index (χ4v) is 3.24. The third-order valence-corrected chi connectivity index (χ3v) is 4.91. The van der Waals surface area contributed by atoms with Gasteiger partial charge in [-0.15, -0.1) is 0 Å². The quantitative estimate of drug-likeness (QED) is 0.421. The molecule has 2 unspecified atom stereocenters. The van der Waals surface area contributed by atoms with E-state index in [1.54, 1.807) is 0 Å². The number of rotatable bonds is 11. The molecule has 1 fully saturated rings. The van der Waals surface area contributed by atoms with E-state index in [1.807, 2.05) is 13.8 Å². The Balaban J connectivity index is 2.25. The number of carbonyl (C=O) groups excluding carboxylic acids is 1. The van der Waals surface area contributed by atoms with Gasteiger partial charge >= 0.3 is 0 Å². The van der Waals surface area contributed by atoms with Crippen LogP contribution in [0.25, 0.3) is 0 Å². The lowest BCUT2D eigenvalue weighted by atomic mass is 9.89. The van der Waals surface area contributed by atoms with Crippen molar-refractivity contribution < 1.29 is 24.9 Å². The fourth-order valence-electron chi connectivity index (χ4n) is 3.24. The normalized spacial score (nSPS) is 29.8. The summed E-state index contributed by atoms with van der Waals surface area (Å²) in [5.41, 5.74) is 0. The molecule has 0 spiro atoms. The summed E-state index contributed by atoms with van der Waals surface area (Å²) in [6.45, 7) is 6.10. The summed E-state index contributed by atoms with van der Waals surface area (Å²) in [7, 11) is 0. The van der Waals surface area contributed by atoms with Gasteiger partial charge in [-0.3, -0.25) is 4.79 Å². The minimum Gasteiger partial charge on any atom is -0.388 e. The van der Waals surface area contributed by atoms with Crippen molar-refractivity contribution in [1.29, 1.82) is 0 Å². The van der Waals surface area contributed by atoms with Crippen molar-refractivity contribution in [2.75, 3.05) is 6.54 Å². The maximum absolute atomic E-state index is 11.9. The van der Waals surface area contributed by atoms with Gasteiger partial charge in [-0.05, 0) is 12.3 Å². The molecule has 0 bridgehead atoms. The summed E-state index contributed by atoms with van der Waals surface area (Å²) in [4.78, 5) is 11.9. The zero-order chi connectivity index (χ0) is 18.8. The summed E-state index contributed by atoms with van der Waals surface area (Å²) in [6, 6.07) is 0. The summed E-state index contributed by atoms with van der Waals surface area (Å²) in [5.74, 6) is -0.0610. The Morgan fingerprint density at radius 2 is 1.56 bits per heavy atom. The van der Waals surface area contributed by atoms with Crippen molar-refractivity contribution in [3.05, 3.63) is 0 Å². The zero-order valence-electron chi connectivity index (χ0n) is 16.0. The van der Waals surface area contributed by atoms with Gasteiger partial charge in [0.05, 0.1) is 6.10 Å². The highest BCUT2D eigenvalue weighted by Gasteiger charge is 2.44. The van der Waals surface area contributed by atoms with Gasteiger partial charge in [0.15, 0.2) is 0 Å². The predicted molar refractivity (Wildman–Crippen MR) is 97.1 cm³/mol. The Labute approximate surface area is 152 Å². The smallest absolute Gasteiger partial charge is 0.220 e. The summed E-state index contributed by atoms with van der Waals surface area (Å²) < 4.78 is 5.70. The average Bonchev–Trinajstić information content (AvgIpc) is 2.58. The van der Waals surface area contributed by atoms with Crippen LogP contribution < -0.4 is 5.32 Å². The highest BCUT2D eigenvalue weighted by atomic mass is 16.5. The number of amides is 1. The molecule has 1 aliphatic rings. The highest BCUT2D eigenvalue weighted by Crippen LogP contribution is 2.25. The van der Waals surface area contributed by atoms with Gasteiger partial charge in [-0.25, -0.2) is 0 Å². The molecule has 1 aliphatic heterocycles. The van der Waals surface area contributed by atoms with Gasteiger partial charge in [-0.2, -0.15) is 0 Å². The number of nitrogens with one attached hydrogen (secondary N) is 1. The second-order valence-electron chi connectivity index (χ2n) is 7.53. The maximum Gasteiger partial charge on any atom is 0.220 e.